The number of aryl methyl sites for hydroxylation is 1. The Kier molecular flexibility index (Phi) is 2.26. The Balaban J connectivity index is 2.06. The third kappa shape index (κ3) is 1.53. The number of benzene rings is 1. The smallest absolute Gasteiger partial charge is 0.0751 e. The predicted molar refractivity (Wildman–Crippen MR) is 66.8 cm³/mol. The molecule has 1 aliphatic rings. The number of aromatic nitrogens is 1. The molecule has 2 N–H and O–H groups in total. The van der Waals surface area contributed by atoms with Gasteiger partial charge in [0.15, 0.2) is 0 Å². The molecule has 3 heteroatoms. The molecule has 0 bridgehead atoms. The first-order chi connectivity index (χ1) is 7.84. The number of nitrogens with one attached hydrogen (secondary N) is 2. The normalized spacial score (nSPS) is 16.1. The second kappa shape index (κ2) is 3.76. The molecule has 0 unspecified atom stereocenters. The van der Waals surface area contributed by atoms with E-state index in [1.807, 2.05) is 12.3 Å². The van der Waals surface area contributed by atoms with E-state index in [9.17, 15) is 0 Å². The minimum Gasteiger partial charge on any atom is -0.379 e. The van der Waals surface area contributed by atoms with Crippen LogP contribution in [0.1, 0.15) is 5.56 Å². The second-order valence-electron chi connectivity index (χ2n) is 4.33. The van der Waals surface area contributed by atoms with Crippen molar-refractivity contribution in [3.63, 3.8) is 0 Å². The van der Waals surface area contributed by atoms with Crippen molar-refractivity contribution in [3.05, 3.63) is 36.0 Å². The summed E-state index contributed by atoms with van der Waals surface area (Å²) < 4.78 is 0. The molecule has 0 amide bonds. The van der Waals surface area contributed by atoms with E-state index in [0.29, 0.717) is 6.04 Å². The van der Waals surface area contributed by atoms with E-state index in [4.69, 9.17) is 0 Å². The highest BCUT2D eigenvalue weighted by Gasteiger charge is 2.17. The SMILES string of the molecule is Cc1ccc(NC2CNC2)c2cccnc12. The zero-order valence-corrected chi connectivity index (χ0v) is 9.33. The van der Waals surface area contributed by atoms with Crippen molar-refractivity contribution >= 4 is 16.6 Å². The van der Waals surface area contributed by atoms with Crippen LogP contribution in [0.3, 0.4) is 0 Å². The molecule has 3 rings (SSSR count). The van der Waals surface area contributed by atoms with Crippen molar-refractivity contribution in [3.8, 4) is 0 Å². The fourth-order valence-electron chi connectivity index (χ4n) is 2.05. The maximum absolute atomic E-state index is 4.44. The summed E-state index contributed by atoms with van der Waals surface area (Å²) in [5, 5.41) is 8.03. The first-order valence-corrected chi connectivity index (χ1v) is 5.66. The van der Waals surface area contributed by atoms with Gasteiger partial charge in [0.1, 0.15) is 0 Å². The molecule has 2 aromatic rings. The average Bonchev–Trinajstić information content (AvgIpc) is 2.26. The van der Waals surface area contributed by atoms with Crippen molar-refractivity contribution in [1.29, 1.82) is 0 Å². The maximum atomic E-state index is 4.44. The maximum Gasteiger partial charge on any atom is 0.0751 e. The van der Waals surface area contributed by atoms with E-state index in [2.05, 4.69) is 40.7 Å². The number of hydrogen-bond acceptors (Lipinski definition) is 3. The zero-order valence-electron chi connectivity index (χ0n) is 9.33. The van der Waals surface area contributed by atoms with Crippen LogP contribution in [-0.2, 0) is 0 Å². The van der Waals surface area contributed by atoms with Crippen LogP contribution in [0.5, 0.6) is 0 Å². The lowest BCUT2D eigenvalue weighted by molar-refractivity contribution is 0.472. The fraction of sp³-hybridized carbons (Fsp3) is 0.308. The van der Waals surface area contributed by atoms with E-state index in [0.717, 1.165) is 18.6 Å². The average molecular weight is 213 g/mol. The summed E-state index contributed by atoms with van der Waals surface area (Å²) in [6.45, 7) is 4.20. The first-order valence-electron chi connectivity index (χ1n) is 5.66. The van der Waals surface area contributed by atoms with Gasteiger partial charge in [0.05, 0.1) is 11.6 Å². The molecule has 16 heavy (non-hydrogen) atoms. The van der Waals surface area contributed by atoms with Gasteiger partial charge in [-0.3, -0.25) is 4.98 Å². The van der Waals surface area contributed by atoms with Crippen LogP contribution in [0.15, 0.2) is 30.5 Å². The van der Waals surface area contributed by atoms with Crippen LogP contribution in [0.4, 0.5) is 5.69 Å². The summed E-state index contributed by atoms with van der Waals surface area (Å²) in [6, 6.07) is 8.96. The third-order valence-corrected chi connectivity index (χ3v) is 3.11. The highest BCUT2D eigenvalue weighted by molar-refractivity contribution is 5.93. The molecule has 0 saturated carbocycles. The van der Waals surface area contributed by atoms with E-state index < -0.39 is 0 Å². The molecule has 2 heterocycles. The molecule has 0 radical (unpaired) electrons. The fourth-order valence-corrected chi connectivity index (χ4v) is 2.05. The summed E-state index contributed by atoms with van der Waals surface area (Å²) >= 11 is 0. The van der Waals surface area contributed by atoms with Gasteiger partial charge in [-0.1, -0.05) is 6.07 Å². The lowest BCUT2D eigenvalue weighted by Crippen LogP contribution is -2.51. The minimum absolute atomic E-state index is 0.561. The van der Waals surface area contributed by atoms with Crippen LogP contribution >= 0.6 is 0 Å². The molecule has 0 atom stereocenters. The summed E-state index contributed by atoms with van der Waals surface area (Å²) in [5.74, 6) is 0. The Morgan fingerprint density at radius 1 is 1.31 bits per heavy atom. The predicted octanol–water partition coefficient (Wildman–Crippen LogP) is 1.93. The van der Waals surface area contributed by atoms with Gasteiger partial charge in [-0.15, -0.1) is 0 Å². The first kappa shape index (κ1) is 9.60. The molecular formula is C13H15N3. The summed E-state index contributed by atoms with van der Waals surface area (Å²) in [4.78, 5) is 4.44. The van der Waals surface area contributed by atoms with Gasteiger partial charge in [-0.25, -0.2) is 0 Å². The summed E-state index contributed by atoms with van der Waals surface area (Å²) in [5.41, 5.74) is 3.52. The zero-order chi connectivity index (χ0) is 11.0. The Morgan fingerprint density at radius 2 is 2.19 bits per heavy atom. The van der Waals surface area contributed by atoms with Crippen LogP contribution in [0, 0.1) is 6.92 Å². The number of anilines is 1. The van der Waals surface area contributed by atoms with Gasteiger partial charge >= 0.3 is 0 Å². The van der Waals surface area contributed by atoms with Crippen molar-refractivity contribution in [2.24, 2.45) is 0 Å². The molecule has 1 aromatic heterocycles. The van der Waals surface area contributed by atoms with E-state index in [1.165, 1.54) is 16.6 Å². The van der Waals surface area contributed by atoms with E-state index in [1.54, 1.807) is 0 Å². The van der Waals surface area contributed by atoms with E-state index in [-0.39, 0.29) is 0 Å². The van der Waals surface area contributed by atoms with Gasteiger partial charge in [0, 0.05) is 30.4 Å². The van der Waals surface area contributed by atoms with Crippen LogP contribution in [0.25, 0.3) is 10.9 Å². The number of rotatable bonds is 2. The molecule has 1 aromatic carbocycles. The highest BCUT2D eigenvalue weighted by atomic mass is 15.1. The number of fused-ring (bicyclic) bond motifs is 1. The van der Waals surface area contributed by atoms with Crippen LogP contribution in [-0.4, -0.2) is 24.1 Å². The monoisotopic (exact) mass is 213 g/mol. The quantitative estimate of drug-likeness (QED) is 0.800. The number of hydrogen-bond donors (Lipinski definition) is 2. The molecule has 1 aliphatic heterocycles. The molecule has 82 valence electrons. The Bertz CT molecular complexity index is 518. The molecule has 0 spiro atoms. The van der Waals surface area contributed by atoms with Crippen molar-refractivity contribution in [2.75, 3.05) is 18.4 Å². The van der Waals surface area contributed by atoms with Gasteiger partial charge in [0.25, 0.3) is 0 Å². The number of nitrogens with zero attached hydrogens (tertiary/aromatic N) is 1. The van der Waals surface area contributed by atoms with Gasteiger partial charge in [0.2, 0.25) is 0 Å². The second-order valence-corrected chi connectivity index (χ2v) is 4.33. The largest absolute Gasteiger partial charge is 0.379 e. The van der Waals surface area contributed by atoms with Gasteiger partial charge in [-0.2, -0.15) is 0 Å². The van der Waals surface area contributed by atoms with Gasteiger partial charge < -0.3 is 10.6 Å². The van der Waals surface area contributed by atoms with Gasteiger partial charge in [-0.05, 0) is 30.7 Å². The molecule has 0 aliphatic carbocycles. The minimum atomic E-state index is 0.561. The summed E-state index contributed by atoms with van der Waals surface area (Å²) in [6.07, 6.45) is 1.85. The standard InChI is InChI=1S/C13H15N3/c1-9-4-5-12(16-10-7-14-8-10)11-3-2-6-15-13(9)11/h2-6,10,14,16H,7-8H2,1H3. The van der Waals surface area contributed by atoms with Crippen LogP contribution < -0.4 is 10.6 Å². The van der Waals surface area contributed by atoms with Crippen LogP contribution in [0.2, 0.25) is 0 Å². The molecule has 3 nitrogen and oxygen atoms in total. The highest BCUT2D eigenvalue weighted by Crippen LogP contribution is 2.25. The topological polar surface area (TPSA) is 37.0 Å². The Morgan fingerprint density at radius 3 is 2.94 bits per heavy atom. The van der Waals surface area contributed by atoms with Crippen molar-refractivity contribution < 1.29 is 0 Å². The van der Waals surface area contributed by atoms with E-state index >= 15 is 0 Å². The molecule has 1 saturated heterocycles. The number of pyridine rings is 1. The summed E-state index contributed by atoms with van der Waals surface area (Å²) in [7, 11) is 0. The Hall–Kier alpha value is -1.61. The lowest BCUT2D eigenvalue weighted by Gasteiger charge is -2.29. The third-order valence-electron chi connectivity index (χ3n) is 3.11. The van der Waals surface area contributed by atoms with Crippen molar-refractivity contribution in [2.45, 2.75) is 13.0 Å². The van der Waals surface area contributed by atoms with Crippen molar-refractivity contribution in [1.82, 2.24) is 10.3 Å². The lowest BCUT2D eigenvalue weighted by atomic mass is 10.1. The molecular weight excluding hydrogens is 198 g/mol. The molecule has 1 fully saturated rings. The Labute approximate surface area is 94.9 Å².